The minimum absolute atomic E-state index is 0.212. The van der Waals surface area contributed by atoms with Gasteiger partial charge in [-0.2, -0.15) is 0 Å². The van der Waals surface area contributed by atoms with Crippen LogP contribution in [0.1, 0.15) is 27.2 Å². The molecule has 2 heterocycles. The number of carbonyl (C=O) groups is 1. The van der Waals surface area contributed by atoms with Crippen LogP contribution in [-0.2, 0) is 4.79 Å². The Morgan fingerprint density at radius 1 is 1.25 bits per heavy atom. The van der Waals surface area contributed by atoms with E-state index >= 15 is 0 Å². The Labute approximate surface area is 98.0 Å². The largest absolute Gasteiger partial charge is 0.340 e. The van der Waals surface area contributed by atoms with Crippen LogP contribution >= 0.6 is 0 Å². The van der Waals surface area contributed by atoms with Gasteiger partial charge in [-0.25, -0.2) is 0 Å². The van der Waals surface area contributed by atoms with Gasteiger partial charge in [0, 0.05) is 44.7 Å². The van der Waals surface area contributed by atoms with Crippen LogP contribution in [-0.4, -0.2) is 60.0 Å². The zero-order valence-electron chi connectivity index (χ0n) is 10.6. The number of piperazine rings is 1. The van der Waals surface area contributed by atoms with Crippen LogP contribution in [0, 0.1) is 0 Å². The number of nitrogens with zero attached hydrogens (tertiary/aromatic N) is 2. The predicted molar refractivity (Wildman–Crippen MR) is 64.3 cm³/mol. The summed E-state index contributed by atoms with van der Waals surface area (Å²) >= 11 is 0. The number of nitrogens with one attached hydrogen (secondary N) is 1. The molecule has 2 rings (SSSR count). The molecule has 0 aliphatic carbocycles. The highest BCUT2D eigenvalue weighted by Crippen LogP contribution is 2.25. The molecular weight excluding hydrogens is 202 g/mol. The van der Waals surface area contributed by atoms with E-state index in [1.165, 1.54) is 6.42 Å². The highest BCUT2D eigenvalue weighted by Gasteiger charge is 2.39. The molecule has 1 unspecified atom stereocenters. The second-order valence-electron chi connectivity index (χ2n) is 5.49. The Morgan fingerprint density at radius 3 is 2.31 bits per heavy atom. The lowest BCUT2D eigenvalue weighted by molar-refractivity contribution is -0.131. The molecule has 16 heavy (non-hydrogen) atoms. The van der Waals surface area contributed by atoms with Crippen molar-refractivity contribution in [1.82, 2.24) is 15.1 Å². The maximum absolute atomic E-state index is 11.2. The zero-order chi connectivity index (χ0) is 11.8. The fraction of sp³-hybridized carbons (Fsp3) is 0.917. The molecule has 0 radical (unpaired) electrons. The molecule has 2 aliphatic heterocycles. The van der Waals surface area contributed by atoms with Crippen molar-refractivity contribution < 1.29 is 4.79 Å². The number of amides is 1. The van der Waals surface area contributed by atoms with Gasteiger partial charge in [0.1, 0.15) is 0 Å². The SMILES string of the molecule is CC(=O)N1CCN(C2CCNC2(C)C)CC1. The molecule has 92 valence electrons. The van der Waals surface area contributed by atoms with Gasteiger partial charge in [-0.1, -0.05) is 0 Å². The van der Waals surface area contributed by atoms with Gasteiger partial charge < -0.3 is 10.2 Å². The molecule has 4 heteroatoms. The van der Waals surface area contributed by atoms with E-state index in [9.17, 15) is 4.79 Å². The van der Waals surface area contributed by atoms with Gasteiger partial charge in [-0.3, -0.25) is 9.69 Å². The number of hydrogen-bond acceptors (Lipinski definition) is 3. The first-order chi connectivity index (χ1) is 7.50. The van der Waals surface area contributed by atoms with Gasteiger partial charge >= 0.3 is 0 Å². The minimum atomic E-state index is 0.212. The van der Waals surface area contributed by atoms with Gasteiger partial charge in [0.15, 0.2) is 0 Å². The average molecular weight is 225 g/mol. The quantitative estimate of drug-likeness (QED) is 0.697. The van der Waals surface area contributed by atoms with Crippen LogP contribution in [0.2, 0.25) is 0 Å². The molecule has 2 aliphatic rings. The first-order valence-electron chi connectivity index (χ1n) is 6.25. The van der Waals surface area contributed by atoms with Crippen molar-refractivity contribution in [3.8, 4) is 0 Å². The highest BCUT2D eigenvalue weighted by atomic mass is 16.2. The van der Waals surface area contributed by atoms with E-state index in [4.69, 9.17) is 0 Å². The summed E-state index contributed by atoms with van der Waals surface area (Å²) in [6, 6.07) is 0.626. The Kier molecular flexibility index (Phi) is 3.22. The fourth-order valence-corrected chi connectivity index (χ4v) is 3.00. The molecule has 0 spiro atoms. The third-order valence-corrected chi connectivity index (χ3v) is 4.03. The van der Waals surface area contributed by atoms with E-state index in [0.29, 0.717) is 6.04 Å². The van der Waals surface area contributed by atoms with Crippen molar-refractivity contribution in [2.75, 3.05) is 32.7 Å². The second-order valence-corrected chi connectivity index (χ2v) is 5.49. The molecule has 0 aromatic heterocycles. The molecule has 2 fully saturated rings. The maximum Gasteiger partial charge on any atom is 0.219 e. The summed E-state index contributed by atoms with van der Waals surface area (Å²) in [6.07, 6.45) is 1.23. The lowest BCUT2D eigenvalue weighted by Crippen LogP contribution is -2.57. The second kappa shape index (κ2) is 4.34. The topological polar surface area (TPSA) is 35.6 Å². The van der Waals surface area contributed by atoms with Gasteiger partial charge in [0.05, 0.1) is 0 Å². The molecule has 1 amide bonds. The number of carbonyl (C=O) groups excluding carboxylic acids is 1. The van der Waals surface area contributed by atoms with Crippen LogP contribution in [0.3, 0.4) is 0 Å². The van der Waals surface area contributed by atoms with Crippen molar-refractivity contribution in [3.05, 3.63) is 0 Å². The van der Waals surface area contributed by atoms with Crippen molar-refractivity contribution >= 4 is 5.91 Å². The Morgan fingerprint density at radius 2 is 1.88 bits per heavy atom. The van der Waals surface area contributed by atoms with Crippen molar-refractivity contribution in [2.45, 2.75) is 38.8 Å². The van der Waals surface area contributed by atoms with Crippen LogP contribution in [0.15, 0.2) is 0 Å². The molecule has 1 atom stereocenters. The lowest BCUT2D eigenvalue weighted by Gasteiger charge is -2.42. The normalized spacial score (nSPS) is 30.7. The summed E-state index contributed by atoms with van der Waals surface area (Å²) in [7, 11) is 0. The van der Waals surface area contributed by atoms with Crippen molar-refractivity contribution in [2.24, 2.45) is 0 Å². The highest BCUT2D eigenvalue weighted by molar-refractivity contribution is 5.73. The fourth-order valence-electron chi connectivity index (χ4n) is 3.00. The summed E-state index contributed by atoms with van der Waals surface area (Å²) in [5.74, 6) is 0.212. The summed E-state index contributed by atoms with van der Waals surface area (Å²) in [6.45, 7) is 11.2. The van der Waals surface area contributed by atoms with Crippen LogP contribution in [0.5, 0.6) is 0 Å². The Hall–Kier alpha value is -0.610. The summed E-state index contributed by atoms with van der Waals surface area (Å²) < 4.78 is 0. The molecule has 0 bridgehead atoms. The Balaban J connectivity index is 1.92. The van der Waals surface area contributed by atoms with Gasteiger partial charge in [-0.15, -0.1) is 0 Å². The maximum atomic E-state index is 11.2. The van der Waals surface area contributed by atoms with Crippen LogP contribution in [0.4, 0.5) is 0 Å². The van der Waals surface area contributed by atoms with Gasteiger partial charge in [0.2, 0.25) is 5.91 Å². The molecular formula is C12H23N3O. The molecule has 4 nitrogen and oxygen atoms in total. The summed E-state index contributed by atoms with van der Waals surface area (Å²) in [5, 5.41) is 3.55. The van der Waals surface area contributed by atoms with E-state index in [0.717, 1.165) is 32.7 Å². The minimum Gasteiger partial charge on any atom is -0.340 e. The lowest BCUT2D eigenvalue weighted by atomic mass is 9.95. The first-order valence-corrected chi connectivity index (χ1v) is 6.25. The summed E-state index contributed by atoms with van der Waals surface area (Å²) in [4.78, 5) is 15.7. The third-order valence-electron chi connectivity index (χ3n) is 4.03. The predicted octanol–water partition coefficient (Wildman–Crippen LogP) is 0.291. The molecule has 0 aromatic rings. The smallest absolute Gasteiger partial charge is 0.219 e. The molecule has 0 saturated carbocycles. The molecule has 2 saturated heterocycles. The summed E-state index contributed by atoms with van der Waals surface area (Å²) in [5.41, 5.74) is 0.221. The van der Waals surface area contributed by atoms with E-state index in [-0.39, 0.29) is 11.4 Å². The van der Waals surface area contributed by atoms with Crippen molar-refractivity contribution in [1.29, 1.82) is 0 Å². The van der Waals surface area contributed by atoms with E-state index in [2.05, 4.69) is 24.1 Å². The van der Waals surface area contributed by atoms with E-state index < -0.39 is 0 Å². The number of hydrogen-bond donors (Lipinski definition) is 1. The van der Waals surface area contributed by atoms with E-state index in [1.807, 2.05) is 4.90 Å². The first kappa shape index (κ1) is 11.9. The van der Waals surface area contributed by atoms with Gasteiger partial charge in [-0.05, 0) is 26.8 Å². The third kappa shape index (κ3) is 2.23. The van der Waals surface area contributed by atoms with Crippen molar-refractivity contribution in [3.63, 3.8) is 0 Å². The molecule has 1 N–H and O–H groups in total. The number of rotatable bonds is 1. The van der Waals surface area contributed by atoms with Gasteiger partial charge in [0.25, 0.3) is 0 Å². The standard InChI is InChI=1S/C12H23N3O/c1-10(16)14-6-8-15(9-7-14)11-4-5-13-12(11,2)3/h11,13H,4-9H2,1-3H3. The monoisotopic (exact) mass is 225 g/mol. The zero-order valence-corrected chi connectivity index (χ0v) is 10.6. The Bertz CT molecular complexity index is 269. The van der Waals surface area contributed by atoms with Crippen LogP contribution in [0.25, 0.3) is 0 Å². The molecule has 0 aromatic carbocycles. The van der Waals surface area contributed by atoms with E-state index in [1.54, 1.807) is 6.92 Å². The van der Waals surface area contributed by atoms with Crippen LogP contribution < -0.4 is 5.32 Å². The average Bonchev–Trinajstić information content (AvgIpc) is 2.58.